The summed E-state index contributed by atoms with van der Waals surface area (Å²) in [7, 11) is 0. The van der Waals surface area contributed by atoms with Crippen molar-refractivity contribution in [1.29, 1.82) is 0 Å². The summed E-state index contributed by atoms with van der Waals surface area (Å²) in [6.45, 7) is 3.83. The Morgan fingerprint density at radius 2 is 1.83 bits per heavy atom. The molecule has 0 bridgehead atoms. The van der Waals surface area contributed by atoms with Crippen LogP contribution >= 0.6 is 23.2 Å². The third-order valence-corrected chi connectivity index (χ3v) is 5.72. The Hall–Kier alpha value is -2.76. The summed E-state index contributed by atoms with van der Waals surface area (Å²) < 4.78 is 11.0. The molecular weight excluding hydrogens is 413 g/mol. The maximum Gasteiger partial charge on any atom is 0.339 e. The molecular formula is C22H17Cl2NO4. The molecule has 7 heteroatoms. The second-order valence-electron chi connectivity index (χ2n) is 6.93. The second kappa shape index (κ2) is 7.58. The minimum absolute atomic E-state index is 0.129. The Balaban J connectivity index is 1.59. The number of carbonyl (C=O) groups excluding carboxylic acids is 1. The van der Waals surface area contributed by atoms with Crippen molar-refractivity contribution in [3.63, 3.8) is 0 Å². The van der Waals surface area contributed by atoms with Crippen LogP contribution in [0.5, 0.6) is 0 Å². The highest BCUT2D eigenvalue weighted by Crippen LogP contribution is 2.29. The van der Waals surface area contributed by atoms with Gasteiger partial charge in [0.1, 0.15) is 11.2 Å². The molecule has 4 rings (SSSR count). The fourth-order valence-corrected chi connectivity index (χ4v) is 3.66. The molecule has 2 aromatic carbocycles. The van der Waals surface area contributed by atoms with Gasteiger partial charge in [0.2, 0.25) is 5.91 Å². The van der Waals surface area contributed by atoms with Gasteiger partial charge in [-0.15, -0.1) is 0 Å². The van der Waals surface area contributed by atoms with Crippen molar-refractivity contribution in [2.45, 2.75) is 26.7 Å². The van der Waals surface area contributed by atoms with Crippen LogP contribution in [0.4, 0.5) is 5.69 Å². The number of hydrogen-bond acceptors (Lipinski definition) is 4. The summed E-state index contributed by atoms with van der Waals surface area (Å²) in [5.74, 6) is -0.233. The second-order valence-corrected chi connectivity index (χ2v) is 7.75. The molecule has 2 heterocycles. The van der Waals surface area contributed by atoms with Crippen LogP contribution in [-0.2, 0) is 11.2 Å². The number of carbonyl (C=O) groups is 1. The lowest BCUT2D eigenvalue weighted by molar-refractivity contribution is -0.116. The highest BCUT2D eigenvalue weighted by Gasteiger charge is 2.15. The van der Waals surface area contributed by atoms with Crippen molar-refractivity contribution >= 4 is 56.7 Å². The average molecular weight is 430 g/mol. The van der Waals surface area contributed by atoms with Crippen molar-refractivity contribution in [2.75, 3.05) is 5.32 Å². The summed E-state index contributed by atoms with van der Waals surface area (Å²) in [6, 6.07) is 8.55. The van der Waals surface area contributed by atoms with Gasteiger partial charge in [0, 0.05) is 34.5 Å². The monoisotopic (exact) mass is 429 g/mol. The van der Waals surface area contributed by atoms with E-state index in [1.54, 1.807) is 30.5 Å². The Bertz CT molecular complexity index is 1320. The zero-order chi connectivity index (χ0) is 20.7. The highest BCUT2D eigenvalue weighted by molar-refractivity contribution is 6.42. The van der Waals surface area contributed by atoms with Crippen LogP contribution < -0.4 is 10.9 Å². The first kappa shape index (κ1) is 19.6. The van der Waals surface area contributed by atoms with E-state index in [0.717, 1.165) is 21.9 Å². The molecule has 1 amide bonds. The molecule has 4 aromatic rings. The van der Waals surface area contributed by atoms with Gasteiger partial charge < -0.3 is 14.2 Å². The molecule has 0 aliphatic heterocycles. The van der Waals surface area contributed by atoms with E-state index in [1.807, 2.05) is 19.9 Å². The van der Waals surface area contributed by atoms with Crippen LogP contribution in [-0.4, -0.2) is 5.91 Å². The molecule has 0 radical (unpaired) electrons. The fourth-order valence-electron chi connectivity index (χ4n) is 3.36. The minimum atomic E-state index is -0.444. The first-order valence-electron chi connectivity index (χ1n) is 9.02. The predicted molar refractivity (Wildman–Crippen MR) is 115 cm³/mol. The molecule has 0 saturated carbocycles. The number of anilines is 1. The van der Waals surface area contributed by atoms with Gasteiger partial charge in [-0.25, -0.2) is 4.79 Å². The van der Waals surface area contributed by atoms with E-state index in [-0.39, 0.29) is 18.7 Å². The molecule has 1 N–H and O–H groups in total. The summed E-state index contributed by atoms with van der Waals surface area (Å²) in [6.07, 6.45) is 2.06. The maximum atomic E-state index is 12.5. The molecule has 29 heavy (non-hydrogen) atoms. The lowest BCUT2D eigenvalue weighted by Gasteiger charge is -2.09. The van der Waals surface area contributed by atoms with E-state index in [4.69, 9.17) is 32.0 Å². The number of benzene rings is 2. The van der Waals surface area contributed by atoms with Crippen molar-refractivity contribution in [1.82, 2.24) is 0 Å². The minimum Gasteiger partial charge on any atom is -0.464 e. The van der Waals surface area contributed by atoms with Gasteiger partial charge in [-0.05, 0) is 55.7 Å². The standard InChI is InChI=1S/C22H17Cl2NO4/c1-11-10-28-19-9-20-16(8-15(11)19)12(2)14(22(27)29-20)4-6-21(26)25-13-3-5-17(23)18(24)7-13/h3,5,7-10H,4,6H2,1-2H3,(H,25,26). The maximum absolute atomic E-state index is 12.5. The Morgan fingerprint density at radius 3 is 2.59 bits per heavy atom. The molecule has 148 valence electrons. The molecule has 0 fully saturated rings. The molecule has 2 aromatic heterocycles. The number of hydrogen-bond donors (Lipinski definition) is 1. The summed E-state index contributed by atoms with van der Waals surface area (Å²) in [4.78, 5) is 24.8. The molecule has 0 aliphatic rings. The summed E-state index contributed by atoms with van der Waals surface area (Å²) in [5.41, 5.74) is 3.55. The van der Waals surface area contributed by atoms with E-state index < -0.39 is 5.63 Å². The number of nitrogens with one attached hydrogen (secondary N) is 1. The van der Waals surface area contributed by atoms with Crippen molar-refractivity contribution in [3.8, 4) is 0 Å². The zero-order valence-electron chi connectivity index (χ0n) is 15.8. The average Bonchev–Trinajstić information content (AvgIpc) is 3.03. The normalized spacial score (nSPS) is 11.3. The van der Waals surface area contributed by atoms with E-state index >= 15 is 0 Å². The highest BCUT2D eigenvalue weighted by atomic mass is 35.5. The van der Waals surface area contributed by atoms with Crippen LogP contribution in [0.1, 0.15) is 23.1 Å². The first-order chi connectivity index (χ1) is 13.8. The number of halogens is 2. The SMILES string of the molecule is Cc1coc2cc3oc(=O)c(CCC(=O)Nc4ccc(Cl)c(Cl)c4)c(C)c3cc12. The van der Waals surface area contributed by atoms with Crippen LogP contribution in [0.3, 0.4) is 0 Å². The van der Waals surface area contributed by atoms with E-state index in [2.05, 4.69) is 5.32 Å². The summed E-state index contributed by atoms with van der Waals surface area (Å²) in [5, 5.41) is 5.33. The van der Waals surface area contributed by atoms with Crippen molar-refractivity contribution < 1.29 is 13.6 Å². The van der Waals surface area contributed by atoms with E-state index in [0.29, 0.717) is 32.5 Å². The number of aryl methyl sites for hydroxylation is 2. The number of amides is 1. The lowest BCUT2D eigenvalue weighted by Crippen LogP contribution is -2.16. The predicted octanol–water partition coefficient (Wildman–Crippen LogP) is 6.03. The summed E-state index contributed by atoms with van der Waals surface area (Å²) >= 11 is 11.9. The number of fused-ring (bicyclic) bond motifs is 2. The largest absolute Gasteiger partial charge is 0.464 e. The third kappa shape index (κ3) is 3.76. The van der Waals surface area contributed by atoms with Crippen LogP contribution in [0.15, 0.2) is 50.2 Å². The lowest BCUT2D eigenvalue weighted by atomic mass is 10.0. The quantitative estimate of drug-likeness (QED) is 0.401. The molecule has 0 saturated heterocycles. The number of rotatable bonds is 4. The van der Waals surface area contributed by atoms with Gasteiger partial charge in [-0.1, -0.05) is 23.2 Å². The van der Waals surface area contributed by atoms with Gasteiger partial charge in [-0.2, -0.15) is 0 Å². The fraction of sp³-hybridized carbons (Fsp3) is 0.182. The van der Waals surface area contributed by atoms with Crippen LogP contribution in [0.2, 0.25) is 10.0 Å². The van der Waals surface area contributed by atoms with Crippen LogP contribution in [0, 0.1) is 13.8 Å². The van der Waals surface area contributed by atoms with Crippen LogP contribution in [0.25, 0.3) is 21.9 Å². The van der Waals surface area contributed by atoms with Crippen molar-refractivity contribution in [2.24, 2.45) is 0 Å². The molecule has 0 unspecified atom stereocenters. The molecule has 0 atom stereocenters. The van der Waals surface area contributed by atoms with E-state index in [1.165, 1.54) is 0 Å². The smallest absolute Gasteiger partial charge is 0.339 e. The Kier molecular flexibility index (Phi) is 5.11. The topological polar surface area (TPSA) is 72.5 Å². The van der Waals surface area contributed by atoms with Gasteiger partial charge in [0.25, 0.3) is 0 Å². The number of furan rings is 1. The Morgan fingerprint density at radius 1 is 1.03 bits per heavy atom. The molecule has 0 spiro atoms. The van der Waals surface area contributed by atoms with Gasteiger partial charge in [-0.3, -0.25) is 4.79 Å². The van der Waals surface area contributed by atoms with Gasteiger partial charge in [0.05, 0.1) is 16.3 Å². The van der Waals surface area contributed by atoms with Crippen molar-refractivity contribution in [3.05, 3.63) is 73.8 Å². The Labute approximate surface area is 176 Å². The third-order valence-electron chi connectivity index (χ3n) is 4.98. The molecule has 0 aliphatic carbocycles. The zero-order valence-corrected chi connectivity index (χ0v) is 17.3. The van der Waals surface area contributed by atoms with Gasteiger partial charge in [0.15, 0.2) is 0 Å². The molecule has 5 nitrogen and oxygen atoms in total. The first-order valence-corrected chi connectivity index (χ1v) is 9.78. The van der Waals surface area contributed by atoms with E-state index in [9.17, 15) is 9.59 Å². The van der Waals surface area contributed by atoms with Gasteiger partial charge >= 0.3 is 5.63 Å².